The maximum atomic E-state index is 12.7. The predicted octanol–water partition coefficient (Wildman–Crippen LogP) is 1.83. The van der Waals surface area contributed by atoms with Crippen LogP contribution in [0.25, 0.3) is 11.3 Å². The van der Waals surface area contributed by atoms with Gasteiger partial charge < -0.3 is 15.0 Å². The fourth-order valence-corrected chi connectivity index (χ4v) is 3.04. The van der Waals surface area contributed by atoms with Crippen molar-refractivity contribution in [2.75, 3.05) is 19.7 Å². The van der Waals surface area contributed by atoms with E-state index in [0.717, 1.165) is 11.3 Å². The Hall–Kier alpha value is -3.27. The molecule has 140 valence electrons. The number of nitrogens with zero attached hydrogens (tertiary/aromatic N) is 2. The Morgan fingerprint density at radius 2 is 2.15 bits per heavy atom. The molecule has 2 amide bonds. The van der Waals surface area contributed by atoms with E-state index in [0.29, 0.717) is 37.5 Å². The van der Waals surface area contributed by atoms with Crippen LogP contribution in [0.5, 0.6) is 5.75 Å². The Labute approximate surface area is 158 Å². The summed E-state index contributed by atoms with van der Waals surface area (Å²) in [6.07, 6.45) is 0.711. The van der Waals surface area contributed by atoms with Gasteiger partial charge in [0.25, 0.3) is 11.8 Å². The summed E-state index contributed by atoms with van der Waals surface area (Å²) in [4.78, 5) is 25.9. The van der Waals surface area contributed by atoms with E-state index in [-0.39, 0.29) is 17.9 Å². The summed E-state index contributed by atoms with van der Waals surface area (Å²) in [6, 6.07) is 9.24. The van der Waals surface area contributed by atoms with Crippen LogP contribution in [-0.2, 0) is 4.79 Å². The fourth-order valence-electron chi connectivity index (χ4n) is 3.04. The average Bonchev–Trinajstić information content (AvgIpc) is 3.32. The maximum Gasteiger partial charge on any atom is 0.296 e. The average molecular weight is 366 g/mol. The molecule has 3 rings (SSSR count). The van der Waals surface area contributed by atoms with E-state index >= 15 is 0 Å². The number of hydrogen-bond donors (Lipinski definition) is 2. The van der Waals surface area contributed by atoms with Crippen molar-refractivity contribution < 1.29 is 14.3 Å². The molecule has 1 saturated heterocycles. The Morgan fingerprint density at radius 1 is 1.37 bits per heavy atom. The zero-order valence-corrected chi connectivity index (χ0v) is 15.4. The molecule has 1 atom stereocenters. The minimum absolute atomic E-state index is 0.0733. The van der Waals surface area contributed by atoms with Crippen LogP contribution in [-0.4, -0.2) is 52.6 Å². The maximum absolute atomic E-state index is 12.7. The Balaban J connectivity index is 1.63. The lowest BCUT2D eigenvalue weighted by molar-refractivity contribution is -0.116. The minimum Gasteiger partial charge on any atom is -0.494 e. The lowest BCUT2D eigenvalue weighted by Gasteiger charge is -2.15. The monoisotopic (exact) mass is 366 g/mol. The van der Waals surface area contributed by atoms with Crippen molar-refractivity contribution >= 4 is 11.8 Å². The standard InChI is InChI=1S/C20H22N4O3/c1-3-5-19(25)21-15-10-11-24(13-15)20(26)18-12-17(22-23-18)14-6-8-16(9-7-14)27-4-2/h6-9,12,15H,4,10-11,13H2,1-2H3,(H,21,25)(H,22,23). The second kappa shape index (κ2) is 8.41. The highest BCUT2D eigenvalue weighted by Gasteiger charge is 2.28. The SMILES string of the molecule is CC#CC(=O)NC1CCN(C(=O)c2cc(-c3ccc(OCC)cc3)n[nH]2)C1. The molecule has 7 heteroatoms. The number of ether oxygens (including phenoxy) is 1. The lowest BCUT2D eigenvalue weighted by atomic mass is 10.1. The van der Waals surface area contributed by atoms with Crippen LogP contribution < -0.4 is 10.1 Å². The van der Waals surface area contributed by atoms with Gasteiger partial charge in [0.2, 0.25) is 0 Å². The van der Waals surface area contributed by atoms with E-state index in [9.17, 15) is 9.59 Å². The molecule has 27 heavy (non-hydrogen) atoms. The molecule has 1 aromatic heterocycles. The highest BCUT2D eigenvalue weighted by Crippen LogP contribution is 2.22. The van der Waals surface area contributed by atoms with Crippen molar-refractivity contribution in [2.24, 2.45) is 0 Å². The van der Waals surface area contributed by atoms with Gasteiger partial charge >= 0.3 is 0 Å². The third kappa shape index (κ3) is 4.47. The number of aromatic amines is 1. The molecule has 1 aromatic carbocycles. The third-order valence-electron chi connectivity index (χ3n) is 4.32. The number of amides is 2. The topological polar surface area (TPSA) is 87.3 Å². The Bertz CT molecular complexity index is 877. The largest absolute Gasteiger partial charge is 0.494 e. The Morgan fingerprint density at radius 3 is 2.85 bits per heavy atom. The summed E-state index contributed by atoms with van der Waals surface area (Å²) in [5.74, 6) is 5.38. The summed E-state index contributed by atoms with van der Waals surface area (Å²) in [5.41, 5.74) is 2.03. The number of likely N-dealkylation sites (tertiary alicyclic amines) is 1. The van der Waals surface area contributed by atoms with Crippen molar-refractivity contribution in [3.63, 3.8) is 0 Å². The van der Waals surface area contributed by atoms with Crippen molar-refractivity contribution in [2.45, 2.75) is 26.3 Å². The summed E-state index contributed by atoms with van der Waals surface area (Å²) in [6.45, 7) is 5.21. The molecule has 1 aliphatic rings. The molecule has 2 aromatic rings. The summed E-state index contributed by atoms with van der Waals surface area (Å²) >= 11 is 0. The second-order valence-electron chi connectivity index (χ2n) is 6.21. The van der Waals surface area contributed by atoms with E-state index in [2.05, 4.69) is 27.4 Å². The van der Waals surface area contributed by atoms with Gasteiger partial charge in [-0.2, -0.15) is 5.10 Å². The zero-order chi connectivity index (χ0) is 19.2. The van der Waals surface area contributed by atoms with E-state index in [1.165, 1.54) is 0 Å². The van der Waals surface area contributed by atoms with Gasteiger partial charge in [-0.05, 0) is 56.5 Å². The summed E-state index contributed by atoms with van der Waals surface area (Å²) in [5, 5.41) is 9.88. The van der Waals surface area contributed by atoms with Gasteiger partial charge in [0.15, 0.2) is 0 Å². The van der Waals surface area contributed by atoms with Crippen LogP contribution in [0.1, 0.15) is 30.8 Å². The smallest absolute Gasteiger partial charge is 0.296 e. The number of carbonyl (C=O) groups is 2. The number of H-pyrrole nitrogens is 1. The van der Waals surface area contributed by atoms with Gasteiger partial charge in [-0.15, -0.1) is 0 Å². The molecule has 2 heterocycles. The highest BCUT2D eigenvalue weighted by atomic mass is 16.5. The van der Waals surface area contributed by atoms with E-state index in [1.54, 1.807) is 17.9 Å². The number of hydrogen-bond acceptors (Lipinski definition) is 4. The van der Waals surface area contributed by atoms with E-state index < -0.39 is 0 Å². The molecule has 1 unspecified atom stereocenters. The van der Waals surface area contributed by atoms with Gasteiger partial charge in [-0.1, -0.05) is 5.92 Å². The van der Waals surface area contributed by atoms with Gasteiger partial charge in [-0.25, -0.2) is 0 Å². The fraction of sp³-hybridized carbons (Fsp3) is 0.350. The molecular weight excluding hydrogens is 344 g/mol. The summed E-state index contributed by atoms with van der Waals surface area (Å²) in [7, 11) is 0. The van der Waals surface area contributed by atoms with Gasteiger partial charge in [0.1, 0.15) is 11.4 Å². The first-order valence-electron chi connectivity index (χ1n) is 8.92. The van der Waals surface area contributed by atoms with Crippen LogP contribution >= 0.6 is 0 Å². The first-order chi connectivity index (χ1) is 13.1. The molecule has 1 fully saturated rings. The third-order valence-corrected chi connectivity index (χ3v) is 4.32. The molecule has 1 aliphatic heterocycles. The van der Waals surface area contributed by atoms with Crippen molar-refractivity contribution in [1.29, 1.82) is 0 Å². The van der Waals surface area contributed by atoms with Crippen LogP contribution in [0.3, 0.4) is 0 Å². The number of carbonyl (C=O) groups excluding carboxylic acids is 2. The Kier molecular flexibility index (Phi) is 5.77. The first kappa shape index (κ1) is 18.5. The van der Waals surface area contributed by atoms with E-state index in [4.69, 9.17) is 4.74 Å². The van der Waals surface area contributed by atoms with Crippen LogP contribution in [0, 0.1) is 11.8 Å². The second-order valence-corrected chi connectivity index (χ2v) is 6.21. The number of rotatable bonds is 5. The van der Waals surface area contributed by atoms with Crippen LogP contribution in [0.15, 0.2) is 30.3 Å². The van der Waals surface area contributed by atoms with Crippen LogP contribution in [0.4, 0.5) is 0 Å². The van der Waals surface area contributed by atoms with Crippen molar-refractivity contribution in [3.8, 4) is 28.8 Å². The molecular formula is C20H22N4O3. The normalized spacial score (nSPS) is 15.8. The van der Waals surface area contributed by atoms with Gasteiger partial charge in [0, 0.05) is 24.7 Å². The predicted molar refractivity (Wildman–Crippen MR) is 101 cm³/mol. The zero-order valence-electron chi connectivity index (χ0n) is 15.4. The molecule has 0 radical (unpaired) electrons. The van der Waals surface area contributed by atoms with E-state index in [1.807, 2.05) is 31.2 Å². The van der Waals surface area contributed by atoms with Crippen LogP contribution in [0.2, 0.25) is 0 Å². The minimum atomic E-state index is -0.309. The quantitative estimate of drug-likeness (QED) is 0.791. The lowest BCUT2D eigenvalue weighted by Crippen LogP contribution is -2.38. The molecule has 0 saturated carbocycles. The number of benzene rings is 1. The van der Waals surface area contributed by atoms with Gasteiger partial charge in [-0.3, -0.25) is 14.7 Å². The molecule has 0 aliphatic carbocycles. The molecule has 0 spiro atoms. The number of nitrogens with one attached hydrogen (secondary N) is 2. The van der Waals surface area contributed by atoms with Crippen molar-refractivity contribution in [1.82, 2.24) is 20.4 Å². The summed E-state index contributed by atoms with van der Waals surface area (Å²) < 4.78 is 5.43. The molecule has 7 nitrogen and oxygen atoms in total. The molecule has 0 bridgehead atoms. The molecule has 2 N–H and O–H groups in total. The highest BCUT2D eigenvalue weighted by molar-refractivity contribution is 5.95. The van der Waals surface area contributed by atoms with Gasteiger partial charge in [0.05, 0.1) is 12.3 Å². The number of aromatic nitrogens is 2. The first-order valence-corrected chi connectivity index (χ1v) is 8.92. The van der Waals surface area contributed by atoms with Crippen molar-refractivity contribution in [3.05, 3.63) is 36.0 Å².